The van der Waals surface area contributed by atoms with E-state index in [1.54, 1.807) is 6.07 Å². The van der Waals surface area contributed by atoms with E-state index in [2.05, 4.69) is 10.1 Å². The van der Waals surface area contributed by atoms with E-state index in [0.717, 1.165) is 4.88 Å². The highest BCUT2D eigenvalue weighted by Gasteiger charge is 2.24. The number of methoxy groups -OCH3 is 2. The number of benzene rings is 1. The average Bonchev–Trinajstić information content (AvgIpc) is 3.24. The molecule has 9 heteroatoms. The predicted octanol–water partition coefficient (Wildman–Crippen LogP) is 3.39. The van der Waals surface area contributed by atoms with Crippen molar-refractivity contribution >= 4 is 17.0 Å². The standard InChI is InChI=1S/C14H11N3O5S/c1-20-10-7-8(6-9(17(18)19)12(10)21-2)14-15-13(16-22-14)11-4-3-5-23-11/h3-7H,1-2H3. The fourth-order valence-corrected chi connectivity index (χ4v) is 2.70. The topological polar surface area (TPSA) is 101 Å². The fourth-order valence-electron chi connectivity index (χ4n) is 2.05. The first-order valence-corrected chi connectivity index (χ1v) is 7.30. The summed E-state index contributed by atoms with van der Waals surface area (Å²) in [7, 11) is 2.74. The molecule has 8 nitrogen and oxygen atoms in total. The number of aromatic nitrogens is 2. The van der Waals surface area contributed by atoms with Crippen LogP contribution in [0.5, 0.6) is 11.5 Å². The Morgan fingerprint density at radius 3 is 2.74 bits per heavy atom. The molecule has 2 aromatic heterocycles. The third-order valence-corrected chi connectivity index (χ3v) is 3.94. The zero-order valence-corrected chi connectivity index (χ0v) is 13.0. The first kappa shape index (κ1) is 15.0. The Hall–Kier alpha value is -2.94. The van der Waals surface area contributed by atoms with E-state index in [-0.39, 0.29) is 23.1 Å². The van der Waals surface area contributed by atoms with Gasteiger partial charge in [-0.05, 0) is 17.5 Å². The SMILES string of the molecule is COc1cc(-c2nc(-c3cccs3)no2)cc([N+](=O)[O-])c1OC. The first-order chi connectivity index (χ1) is 11.1. The molecule has 0 saturated heterocycles. The Kier molecular flexibility index (Phi) is 3.94. The lowest BCUT2D eigenvalue weighted by Crippen LogP contribution is -1.98. The normalized spacial score (nSPS) is 10.5. The van der Waals surface area contributed by atoms with Crippen LogP contribution in [0.1, 0.15) is 0 Å². The van der Waals surface area contributed by atoms with Crippen molar-refractivity contribution in [3.8, 4) is 33.7 Å². The minimum absolute atomic E-state index is 0.0410. The molecular formula is C14H11N3O5S. The summed E-state index contributed by atoms with van der Waals surface area (Å²) in [5.41, 5.74) is 0.141. The third-order valence-electron chi connectivity index (χ3n) is 3.07. The minimum Gasteiger partial charge on any atom is -0.493 e. The molecule has 0 spiro atoms. The van der Waals surface area contributed by atoms with E-state index in [1.807, 2.05) is 17.5 Å². The van der Waals surface area contributed by atoms with Gasteiger partial charge in [-0.3, -0.25) is 10.1 Å². The second-order valence-corrected chi connectivity index (χ2v) is 5.34. The van der Waals surface area contributed by atoms with Crippen LogP contribution in [0.15, 0.2) is 34.2 Å². The van der Waals surface area contributed by atoms with Crippen LogP contribution in [0, 0.1) is 10.1 Å². The first-order valence-electron chi connectivity index (χ1n) is 6.42. The van der Waals surface area contributed by atoms with Gasteiger partial charge in [0.15, 0.2) is 5.75 Å². The van der Waals surface area contributed by atoms with Crippen molar-refractivity contribution in [1.82, 2.24) is 10.1 Å². The van der Waals surface area contributed by atoms with E-state index in [4.69, 9.17) is 14.0 Å². The summed E-state index contributed by atoms with van der Waals surface area (Å²) in [5, 5.41) is 17.0. The lowest BCUT2D eigenvalue weighted by atomic mass is 10.1. The maximum atomic E-state index is 11.2. The van der Waals surface area contributed by atoms with Crippen molar-refractivity contribution in [3.63, 3.8) is 0 Å². The van der Waals surface area contributed by atoms with Crippen molar-refractivity contribution in [2.75, 3.05) is 14.2 Å². The van der Waals surface area contributed by atoms with Crippen LogP contribution < -0.4 is 9.47 Å². The maximum absolute atomic E-state index is 11.2. The van der Waals surface area contributed by atoms with E-state index in [9.17, 15) is 10.1 Å². The number of hydrogen-bond donors (Lipinski definition) is 0. The minimum atomic E-state index is -0.554. The van der Waals surface area contributed by atoms with Crippen molar-refractivity contribution in [1.29, 1.82) is 0 Å². The number of nitro groups is 1. The predicted molar refractivity (Wildman–Crippen MR) is 82.8 cm³/mol. The quantitative estimate of drug-likeness (QED) is 0.521. The van der Waals surface area contributed by atoms with Crippen molar-refractivity contribution in [2.45, 2.75) is 0 Å². The molecule has 3 rings (SSSR count). The van der Waals surface area contributed by atoms with Gasteiger partial charge in [-0.15, -0.1) is 11.3 Å². The van der Waals surface area contributed by atoms with E-state index in [0.29, 0.717) is 11.4 Å². The van der Waals surface area contributed by atoms with Crippen molar-refractivity contribution < 1.29 is 18.9 Å². The van der Waals surface area contributed by atoms with Gasteiger partial charge in [-0.2, -0.15) is 4.98 Å². The van der Waals surface area contributed by atoms with E-state index >= 15 is 0 Å². The van der Waals surface area contributed by atoms with Crippen LogP contribution in [0.2, 0.25) is 0 Å². The summed E-state index contributed by atoms with van der Waals surface area (Å²) in [5.74, 6) is 0.844. The number of nitro benzene ring substituents is 1. The zero-order chi connectivity index (χ0) is 16.4. The van der Waals surface area contributed by atoms with Crippen molar-refractivity contribution in [2.24, 2.45) is 0 Å². The molecule has 0 aliphatic heterocycles. The summed E-state index contributed by atoms with van der Waals surface area (Å²) in [4.78, 5) is 15.8. The van der Waals surface area contributed by atoms with Gasteiger partial charge in [0.2, 0.25) is 11.6 Å². The summed E-state index contributed by atoms with van der Waals surface area (Å²) in [6.07, 6.45) is 0. The molecule has 23 heavy (non-hydrogen) atoms. The smallest absolute Gasteiger partial charge is 0.315 e. The number of hydrogen-bond acceptors (Lipinski definition) is 8. The number of nitrogens with zero attached hydrogens (tertiary/aromatic N) is 3. The van der Waals surface area contributed by atoms with E-state index < -0.39 is 4.92 Å². The molecule has 0 fully saturated rings. The molecule has 0 amide bonds. The molecule has 0 aliphatic rings. The van der Waals surface area contributed by atoms with Gasteiger partial charge in [-0.1, -0.05) is 11.2 Å². The second-order valence-electron chi connectivity index (χ2n) is 4.39. The third kappa shape index (κ3) is 2.73. The summed E-state index contributed by atoms with van der Waals surface area (Å²) < 4.78 is 15.4. The molecule has 2 heterocycles. The Morgan fingerprint density at radius 2 is 2.13 bits per heavy atom. The molecule has 3 aromatic rings. The van der Waals surface area contributed by atoms with Gasteiger partial charge in [0.25, 0.3) is 5.89 Å². The highest BCUT2D eigenvalue weighted by molar-refractivity contribution is 7.13. The van der Waals surface area contributed by atoms with Gasteiger partial charge in [0.1, 0.15) is 0 Å². The summed E-state index contributed by atoms with van der Waals surface area (Å²) >= 11 is 1.47. The van der Waals surface area contributed by atoms with Crippen LogP contribution >= 0.6 is 11.3 Å². The molecule has 0 atom stereocenters. The largest absolute Gasteiger partial charge is 0.493 e. The Bertz CT molecular complexity index is 844. The van der Waals surface area contributed by atoms with Crippen molar-refractivity contribution in [3.05, 3.63) is 39.8 Å². The van der Waals surface area contributed by atoms with Crippen LogP contribution in [-0.4, -0.2) is 29.3 Å². The molecular weight excluding hydrogens is 322 g/mol. The Balaban J connectivity index is 2.09. The summed E-state index contributed by atoms with van der Waals surface area (Å²) in [6, 6.07) is 6.60. The number of rotatable bonds is 5. The molecule has 1 aromatic carbocycles. The van der Waals surface area contributed by atoms with Gasteiger partial charge in [0.05, 0.1) is 29.6 Å². The summed E-state index contributed by atoms with van der Waals surface area (Å²) in [6.45, 7) is 0. The van der Waals surface area contributed by atoms with Crippen LogP contribution in [0.25, 0.3) is 22.2 Å². The van der Waals surface area contributed by atoms with E-state index in [1.165, 1.54) is 31.6 Å². The molecule has 0 unspecified atom stereocenters. The zero-order valence-electron chi connectivity index (χ0n) is 12.2. The molecule has 0 aliphatic carbocycles. The van der Waals surface area contributed by atoms with Gasteiger partial charge in [-0.25, -0.2) is 0 Å². The second kappa shape index (κ2) is 6.05. The molecule has 0 saturated carbocycles. The lowest BCUT2D eigenvalue weighted by molar-refractivity contribution is -0.385. The van der Waals surface area contributed by atoms with Gasteiger partial charge in [0, 0.05) is 6.07 Å². The average molecular weight is 333 g/mol. The molecule has 118 valence electrons. The molecule has 0 bridgehead atoms. The number of ether oxygens (including phenoxy) is 2. The monoisotopic (exact) mass is 333 g/mol. The lowest BCUT2D eigenvalue weighted by Gasteiger charge is -2.08. The van der Waals surface area contributed by atoms with Crippen LogP contribution in [-0.2, 0) is 0 Å². The van der Waals surface area contributed by atoms with Gasteiger partial charge >= 0.3 is 5.69 Å². The molecule has 0 N–H and O–H groups in total. The van der Waals surface area contributed by atoms with Crippen LogP contribution in [0.4, 0.5) is 5.69 Å². The Labute approximate surface area is 134 Å². The fraction of sp³-hybridized carbons (Fsp3) is 0.143. The van der Waals surface area contributed by atoms with Crippen LogP contribution in [0.3, 0.4) is 0 Å². The highest BCUT2D eigenvalue weighted by atomic mass is 32.1. The highest BCUT2D eigenvalue weighted by Crippen LogP contribution is 2.40. The molecule has 0 radical (unpaired) electrons. The number of thiophene rings is 1. The Morgan fingerprint density at radius 1 is 1.30 bits per heavy atom. The maximum Gasteiger partial charge on any atom is 0.315 e. The van der Waals surface area contributed by atoms with Gasteiger partial charge < -0.3 is 14.0 Å².